The maximum atomic E-state index is 12.8. The van der Waals surface area contributed by atoms with Crippen LogP contribution >= 0.6 is 0 Å². The number of hydrogen-bond donors (Lipinski definition) is 1. The third-order valence-electron chi connectivity index (χ3n) is 21.0. The molecule has 3 saturated carbocycles. The van der Waals surface area contributed by atoms with Crippen molar-refractivity contribution in [3.05, 3.63) is 133 Å². The molecule has 33 heteroatoms. The molecule has 644 valence electrons. The molecule has 1 N–H and O–H groups in total. The molecule has 25 nitrogen and oxygen atoms in total. The number of likely N-dealkylation sites (tertiary alicyclic amines) is 3. The summed E-state index contributed by atoms with van der Waals surface area (Å²) in [5.74, 6) is -1.33. The molecule has 116 heavy (non-hydrogen) atoms. The first-order chi connectivity index (χ1) is 53.8. The van der Waals surface area contributed by atoms with Crippen LogP contribution in [0.3, 0.4) is 0 Å². The molecule has 3 heterocycles. The zero-order chi connectivity index (χ0) is 87.8. The van der Waals surface area contributed by atoms with Gasteiger partial charge in [-0.3, -0.25) is 53.1 Å². The summed E-state index contributed by atoms with van der Waals surface area (Å²) in [6, 6.07) is 20.9. The van der Waals surface area contributed by atoms with E-state index in [1.54, 1.807) is 39.8 Å². The molecular formula is C83H121F3N4O21S2Si3. The molecule has 6 bridgehead atoms. The summed E-state index contributed by atoms with van der Waals surface area (Å²) in [5, 5.41) is 9.74. The number of imide groups is 3. The van der Waals surface area contributed by atoms with Crippen molar-refractivity contribution in [3.63, 3.8) is 0 Å². The minimum absolute atomic E-state index is 0.0286. The van der Waals surface area contributed by atoms with Crippen LogP contribution in [0.4, 0.5) is 13.2 Å². The molecule has 9 aliphatic rings. The number of allylic oxidation sites excluding steroid dienone is 7. The van der Waals surface area contributed by atoms with Crippen LogP contribution in [0.25, 0.3) is 0 Å². The molecule has 0 aromatic heterocycles. The average molecular weight is 1720 g/mol. The van der Waals surface area contributed by atoms with Crippen molar-refractivity contribution in [2.24, 2.45) is 94.2 Å². The largest absolute Gasteiger partial charge is 0.515 e. The summed E-state index contributed by atoms with van der Waals surface area (Å²) in [5.41, 5.74) is -4.78. The molecule has 7 unspecified atom stereocenters. The number of fused-ring (bicyclic) bond motifs is 15. The summed E-state index contributed by atoms with van der Waals surface area (Å²) in [6.07, 6.45) is 15.9. The smallest absolute Gasteiger partial charge is 0.512 e. The van der Waals surface area contributed by atoms with E-state index in [1.165, 1.54) is 39.5 Å². The molecule has 3 saturated heterocycles. The molecule has 0 spiro atoms. The lowest BCUT2D eigenvalue weighted by molar-refractivity contribution is -0.159. The van der Waals surface area contributed by atoms with Crippen LogP contribution in [0.2, 0.25) is 45.8 Å². The Morgan fingerprint density at radius 1 is 0.543 bits per heavy atom. The van der Waals surface area contributed by atoms with Gasteiger partial charge in [-0.2, -0.15) is 13.2 Å². The fourth-order valence-corrected chi connectivity index (χ4v) is 27.5. The van der Waals surface area contributed by atoms with Crippen molar-refractivity contribution < 1.29 is 111 Å². The van der Waals surface area contributed by atoms with E-state index in [2.05, 4.69) is 118 Å². The van der Waals surface area contributed by atoms with Gasteiger partial charge < -0.3 is 33.2 Å². The zero-order valence-corrected chi connectivity index (χ0v) is 75.5. The second-order valence-electron chi connectivity index (χ2n) is 34.1. The Hall–Kier alpha value is -7.96. The second kappa shape index (κ2) is 41.6. The highest BCUT2D eigenvalue weighted by atomic mass is 32.3. The van der Waals surface area contributed by atoms with E-state index < -0.39 is 77.6 Å². The molecule has 13 atom stereocenters. The molecule has 6 amide bonds. The summed E-state index contributed by atoms with van der Waals surface area (Å²) in [4.78, 5) is 126. The number of halogens is 3. The van der Waals surface area contributed by atoms with Crippen molar-refractivity contribution in [1.29, 1.82) is 0 Å². The van der Waals surface area contributed by atoms with Crippen molar-refractivity contribution in [2.75, 3.05) is 66.0 Å². The van der Waals surface area contributed by atoms with E-state index in [4.69, 9.17) is 33.2 Å². The summed E-state index contributed by atoms with van der Waals surface area (Å²) < 4.78 is 114. The number of alkyl halides is 3. The van der Waals surface area contributed by atoms with Crippen molar-refractivity contribution in [2.45, 2.75) is 153 Å². The maximum Gasteiger partial charge on any atom is 0.512 e. The highest BCUT2D eigenvalue weighted by Crippen LogP contribution is 2.55. The van der Waals surface area contributed by atoms with Crippen LogP contribution in [0.5, 0.6) is 0 Å². The number of amides is 6. The Morgan fingerprint density at radius 2 is 0.871 bits per heavy atom. The Kier molecular flexibility index (Phi) is 35.4. The third-order valence-corrected chi connectivity index (χ3v) is 34.2. The lowest BCUT2D eigenvalue weighted by Gasteiger charge is -2.30. The highest BCUT2D eigenvalue weighted by Gasteiger charge is 2.62. The molecule has 2 aromatic carbocycles. The minimum atomic E-state index is -5.85. The molecule has 0 radical (unpaired) electrons. The second-order valence-corrected chi connectivity index (χ2v) is 50.1. The Balaban J connectivity index is 0.000000259. The van der Waals surface area contributed by atoms with Gasteiger partial charge in [0.25, 0.3) is 14.3 Å². The average Bonchev–Trinajstić information content (AvgIpc) is 1.53. The van der Waals surface area contributed by atoms with Crippen LogP contribution in [-0.4, -0.2) is 196 Å². The topological polar surface area (TPSA) is 328 Å². The number of ether oxygens (including phenoxy) is 5. The van der Waals surface area contributed by atoms with Gasteiger partial charge in [0.1, 0.15) is 19.8 Å². The fraction of sp³-hybridized carbons (Fsp3) is 0.590. The number of aliphatic hydroxyl groups excluding tert-OH is 1. The third kappa shape index (κ3) is 25.1. The first-order valence-corrected chi connectivity index (χ1v) is 51.8. The number of carbonyl (C=O) groups excluding carboxylic acids is 10. The number of nitrogens with zero attached hydrogens (tertiary/aromatic N) is 4. The van der Waals surface area contributed by atoms with Crippen molar-refractivity contribution in [1.82, 2.24) is 18.1 Å². The normalized spacial score (nSPS) is 23.8. The molecule has 6 aliphatic carbocycles. The molecular weight excluding hydrogens is 1590 g/mol. The van der Waals surface area contributed by atoms with E-state index in [9.17, 15) is 78.0 Å². The van der Waals surface area contributed by atoms with Gasteiger partial charge in [0.05, 0.1) is 94.7 Å². The number of aliphatic hydroxyl groups is 1. The van der Waals surface area contributed by atoms with Crippen LogP contribution < -0.4 is 10.4 Å². The standard InChI is InChI=1S/C23H33NO6.C23H29NO4Si.C15H17NO4.C8H14O2.C8H12Si.C5H12F3NO4S2Si.CH4O/c1-13(2)12-30-21(27)14(3)11-23(4,5)22(28)29-9-8-24-19(25)17-15-6-7-16(10-15)18(17)20(24)26;1-15(2)23(28-29(3,4)18-8-6-5-7-9-18)27-13-12-24-21(25)19-16-10-11-17(14-16)20(19)22(24)26;1-8(2)15(19)20-6-5-16-13(17)11-9-3-4-10(7-9)12(11)14(16)18;1-6(2)5-10-8(9)7(3)4;1-9(2)8-6-4-3-5-7-8;1-14(10,11)9(16(2,3)4)15(12,13)5(6,7)8;1-2/h6-7,13-18H,8-12H2,1-5H3;5-11,16-17,19-20H,12-14H2,1-4H3;3-4,9-12H,1,5-7H2,2H3;6H,3,5H2,1-2,4H3;3-7,9H,1-2H3;1-4H3;2H,1H3/t14?,15-,16+,17?,18?;16-,17+,19?,20?;9-,10+,11?,12?;;;;. The summed E-state index contributed by atoms with van der Waals surface area (Å²) in [7, 11) is -15.3. The number of esters is 4. The van der Waals surface area contributed by atoms with Crippen LogP contribution in [-0.2, 0) is 96.1 Å². The molecule has 3 aliphatic heterocycles. The zero-order valence-electron chi connectivity index (χ0n) is 70.7. The number of benzene rings is 2. The van der Waals surface area contributed by atoms with Gasteiger partial charge in [-0.25, -0.2) is 26.4 Å². The van der Waals surface area contributed by atoms with Crippen molar-refractivity contribution >= 4 is 115 Å². The van der Waals surface area contributed by atoms with Gasteiger partial charge >= 0.3 is 39.4 Å². The van der Waals surface area contributed by atoms with E-state index >= 15 is 0 Å². The summed E-state index contributed by atoms with van der Waals surface area (Å²) in [6.45, 7) is 41.2. The SMILES string of the molecule is C=C(C)C(=O)OCC(C)C.C=C(C)C(=O)OCCN1C(=O)C2C(C1=O)[C@H]1C=C[C@@H]2C1.CC(C)=C(OCCN1C(=O)C2C(C1=O)[C@H]1C=C[C@@H]2C1)O[Si](C)(C)c1ccccc1.CC(C)COC(=O)C(C)CC(C)(C)C(=O)OCCN1C(=O)C2C(C1=O)[C@H]1C=C[C@@H]2C1.CO.C[SiH](C)c1ccccc1.C[Si](C)(C)N(S(C)(=O)=O)S(=O)(=O)C(F)(F)F. The van der Waals surface area contributed by atoms with Gasteiger partial charge in [0, 0.05) is 23.8 Å². The lowest BCUT2D eigenvalue weighted by atomic mass is 9.83. The summed E-state index contributed by atoms with van der Waals surface area (Å²) >= 11 is 0. The number of hydrogen-bond acceptors (Lipinski definition) is 21. The Morgan fingerprint density at radius 3 is 1.16 bits per heavy atom. The highest BCUT2D eigenvalue weighted by molar-refractivity contribution is 8.06. The van der Waals surface area contributed by atoms with Crippen LogP contribution in [0.1, 0.15) is 102 Å². The Bertz CT molecular complexity index is 4160. The molecule has 2 aromatic rings. The van der Waals surface area contributed by atoms with E-state index in [0.29, 0.717) is 48.9 Å². The first kappa shape index (κ1) is 98.6. The van der Waals surface area contributed by atoms with Gasteiger partial charge in [-0.1, -0.05) is 183 Å². The lowest BCUT2D eigenvalue weighted by Crippen LogP contribution is -2.56. The Labute approximate surface area is 686 Å². The fourth-order valence-electron chi connectivity index (χ4n) is 15.6. The maximum absolute atomic E-state index is 12.8. The van der Waals surface area contributed by atoms with Crippen molar-refractivity contribution in [3.8, 4) is 0 Å². The number of sulfonamides is 2. The van der Waals surface area contributed by atoms with Gasteiger partial charge in [-0.15, -0.1) is 3.38 Å². The minimum Gasteiger partial charge on any atom is -0.515 e. The van der Waals surface area contributed by atoms with Crippen LogP contribution in [0, 0.1) is 94.2 Å². The van der Waals surface area contributed by atoms with Gasteiger partial charge in [0.2, 0.25) is 45.5 Å². The molecule has 11 rings (SSSR count). The quantitative estimate of drug-likeness (QED) is 0.0165. The number of rotatable bonds is 27. The predicted octanol–water partition coefficient (Wildman–Crippen LogP) is 10.4. The van der Waals surface area contributed by atoms with Gasteiger partial charge in [0.15, 0.2) is 8.24 Å². The molecule has 6 fully saturated rings. The van der Waals surface area contributed by atoms with Gasteiger partial charge in [-0.05, 0) is 133 Å². The predicted molar refractivity (Wildman–Crippen MR) is 441 cm³/mol. The first-order valence-electron chi connectivity index (χ1n) is 39.2. The van der Waals surface area contributed by atoms with E-state index in [1.807, 2.05) is 59.7 Å². The van der Waals surface area contributed by atoms with Crippen LogP contribution in [0.15, 0.2) is 133 Å². The van der Waals surface area contributed by atoms with E-state index in [0.717, 1.165) is 31.9 Å². The number of carbonyl (C=O) groups is 10. The monoisotopic (exact) mass is 1710 g/mol. The van der Waals surface area contributed by atoms with E-state index in [-0.39, 0.29) is 164 Å².